The van der Waals surface area contributed by atoms with Crippen molar-refractivity contribution in [1.82, 2.24) is 9.80 Å². The maximum atomic E-state index is 13.3. The van der Waals surface area contributed by atoms with Gasteiger partial charge in [-0.05, 0) is 29.7 Å². The summed E-state index contributed by atoms with van der Waals surface area (Å²) in [6, 6.07) is 17.1. The zero-order chi connectivity index (χ0) is 21.6. The molecule has 1 saturated heterocycles. The zero-order valence-electron chi connectivity index (χ0n) is 17.3. The summed E-state index contributed by atoms with van der Waals surface area (Å²) in [6.07, 6.45) is 0.752. The molecule has 7 heteroatoms. The molecule has 0 aliphatic carbocycles. The molecule has 2 aliphatic rings. The number of hydrogen-bond donors (Lipinski definition) is 0. The van der Waals surface area contributed by atoms with Gasteiger partial charge >= 0.3 is 0 Å². The highest BCUT2D eigenvalue weighted by atomic mass is 35.5. The van der Waals surface area contributed by atoms with Crippen molar-refractivity contribution in [2.24, 2.45) is 0 Å². The Morgan fingerprint density at radius 1 is 0.903 bits per heavy atom. The molecule has 0 saturated carbocycles. The van der Waals surface area contributed by atoms with Gasteiger partial charge < -0.3 is 4.74 Å². The predicted molar refractivity (Wildman–Crippen MR) is 125 cm³/mol. The second kappa shape index (κ2) is 10.5. The van der Waals surface area contributed by atoms with E-state index in [2.05, 4.69) is 4.90 Å². The maximum absolute atomic E-state index is 13.3. The Labute approximate surface area is 192 Å². The molecular formula is C24H25ClN2O3S. The van der Waals surface area contributed by atoms with Crippen LogP contribution in [-0.2, 0) is 20.1 Å². The number of benzene rings is 2. The number of amides is 2. The van der Waals surface area contributed by atoms with Crippen molar-refractivity contribution in [3.8, 4) is 0 Å². The largest absolute Gasteiger partial charge is 0.379 e. The van der Waals surface area contributed by atoms with Gasteiger partial charge in [0.2, 0.25) is 0 Å². The van der Waals surface area contributed by atoms with E-state index >= 15 is 0 Å². The SMILES string of the molecule is O=C1C(SCc2ccccc2)=C(c2ccc(Cl)cc2)C(=O)N1CCCN1CCOCC1. The van der Waals surface area contributed by atoms with E-state index in [0.29, 0.717) is 27.8 Å². The summed E-state index contributed by atoms with van der Waals surface area (Å²) in [5.41, 5.74) is 2.32. The summed E-state index contributed by atoms with van der Waals surface area (Å²) in [7, 11) is 0. The smallest absolute Gasteiger partial charge is 0.267 e. The number of carbonyl (C=O) groups is 2. The first-order chi connectivity index (χ1) is 15.1. The van der Waals surface area contributed by atoms with Crippen LogP contribution in [0.25, 0.3) is 5.57 Å². The lowest BCUT2D eigenvalue weighted by molar-refractivity contribution is -0.136. The first kappa shape index (κ1) is 22.1. The lowest BCUT2D eigenvalue weighted by Gasteiger charge is -2.27. The van der Waals surface area contributed by atoms with Crippen molar-refractivity contribution in [3.05, 3.63) is 75.7 Å². The molecule has 0 N–H and O–H groups in total. The number of halogens is 1. The summed E-state index contributed by atoms with van der Waals surface area (Å²) in [4.78, 5) is 30.7. The van der Waals surface area contributed by atoms with Crippen molar-refractivity contribution >= 4 is 40.8 Å². The van der Waals surface area contributed by atoms with Crippen LogP contribution in [0, 0.1) is 0 Å². The van der Waals surface area contributed by atoms with Gasteiger partial charge in [-0.2, -0.15) is 0 Å². The summed E-state index contributed by atoms with van der Waals surface area (Å²) >= 11 is 7.46. The van der Waals surface area contributed by atoms with E-state index < -0.39 is 0 Å². The van der Waals surface area contributed by atoms with Gasteiger partial charge in [0.05, 0.1) is 23.7 Å². The number of morpholine rings is 1. The van der Waals surface area contributed by atoms with Crippen LogP contribution in [0.2, 0.25) is 5.02 Å². The molecular weight excluding hydrogens is 432 g/mol. The molecule has 2 aromatic carbocycles. The van der Waals surface area contributed by atoms with Crippen LogP contribution in [-0.4, -0.2) is 61.0 Å². The van der Waals surface area contributed by atoms with Gasteiger partial charge in [0.25, 0.3) is 11.8 Å². The predicted octanol–water partition coefficient (Wildman–Crippen LogP) is 4.08. The maximum Gasteiger partial charge on any atom is 0.267 e. The van der Waals surface area contributed by atoms with Crippen molar-refractivity contribution in [2.45, 2.75) is 12.2 Å². The van der Waals surface area contributed by atoms with E-state index in [9.17, 15) is 9.59 Å². The molecule has 2 heterocycles. The van der Waals surface area contributed by atoms with Crippen LogP contribution in [0.5, 0.6) is 0 Å². The highest BCUT2D eigenvalue weighted by molar-refractivity contribution is 8.03. The number of rotatable bonds is 8. The molecule has 4 rings (SSSR count). The molecule has 0 radical (unpaired) electrons. The van der Waals surface area contributed by atoms with Gasteiger partial charge in [0.15, 0.2) is 0 Å². The first-order valence-corrected chi connectivity index (χ1v) is 11.8. The molecule has 0 bridgehead atoms. The van der Waals surface area contributed by atoms with Gasteiger partial charge in [-0.3, -0.25) is 19.4 Å². The van der Waals surface area contributed by atoms with Crippen LogP contribution >= 0.6 is 23.4 Å². The minimum absolute atomic E-state index is 0.196. The Morgan fingerprint density at radius 3 is 2.32 bits per heavy atom. The molecule has 5 nitrogen and oxygen atoms in total. The molecule has 1 fully saturated rings. The number of nitrogens with zero attached hydrogens (tertiary/aromatic N) is 2. The third kappa shape index (κ3) is 5.39. The van der Waals surface area contributed by atoms with Crippen molar-refractivity contribution in [3.63, 3.8) is 0 Å². The Hall–Kier alpha value is -2.12. The standard InChI is InChI=1S/C24H25ClN2O3S/c25-20-9-7-19(8-10-20)21-22(31-17-18-5-2-1-3-6-18)24(29)27(23(21)28)12-4-11-26-13-15-30-16-14-26/h1-3,5-10H,4,11-17H2. The van der Waals surface area contributed by atoms with Gasteiger partial charge in [-0.1, -0.05) is 54.1 Å². The summed E-state index contributed by atoms with van der Waals surface area (Å²) in [5, 5.41) is 0.599. The monoisotopic (exact) mass is 456 g/mol. The Bertz CT molecular complexity index is 957. The molecule has 0 aromatic heterocycles. The minimum Gasteiger partial charge on any atom is -0.379 e. The average molecular weight is 457 g/mol. The molecule has 0 spiro atoms. The van der Waals surface area contributed by atoms with Gasteiger partial charge in [0.1, 0.15) is 0 Å². The van der Waals surface area contributed by atoms with Gasteiger partial charge in [-0.25, -0.2) is 0 Å². The van der Waals surface area contributed by atoms with Crippen LogP contribution in [0.4, 0.5) is 0 Å². The minimum atomic E-state index is -0.218. The third-order valence-corrected chi connectivity index (χ3v) is 6.84. The molecule has 162 valence electrons. The number of thioether (sulfide) groups is 1. The molecule has 31 heavy (non-hydrogen) atoms. The van der Waals surface area contributed by atoms with Crippen LogP contribution in [0.1, 0.15) is 17.5 Å². The number of hydrogen-bond acceptors (Lipinski definition) is 5. The van der Waals surface area contributed by atoms with E-state index in [1.807, 2.05) is 42.5 Å². The first-order valence-electron chi connectivity index (χ1n) is 10.5. The molecule has 0 unspecified atom stereocenters. The highest BCUT2D eigenvalue weighted by Crippen LogP contribution is 2.37. The highest BCUT2D eigenvalue weighted by Gasteiger charge is 2.38. The third-order valence-electron chi connectivity index (χ3n) is 5.44. The van der Waals surface area contributed by atoms with Crippen LogP contribution in [0.15, 0.2) is 59.5 Å². The fourth-order valence-electron chi connectivity index (χ4n) is 3.77. The van der Waals surface area contributed by atoms with E-state index in [1.54, 1.807) is 12.1 Å². The summed E-state index contributed by atoms with van der Waals surface area (Å²) in [6.45, 7) is 4.54. The fraction of sp³-hybridized carbons (Fsp3) is 0.333. The lowest BCUT2D eigenvalue weighted by Crippen LogP contribution is -2.39. The van der Waals surface area contributed by atoms with E-state index in [0.717, 1.165) is 50.4 Å². The van der Waals surface area contributed by atoms with Crippen molar-refractivity contribution in [1.29, 1.82) is 0 Å². The summed E-state index contributed by atoms with van der Waals surface area (Å²) in [5.74, 6) is 0.219. The van der Waals surface area contributed by atoms with E-state index in [-0.39, 0.29) is 11.8 Å². The van der Waals surface area contributed by atoms with Crippen molar-refractivity contribution < 1.29 is 14.3 Å². The topological polar surface area (TPSA) is 49.9 Å². The molecule has 2 aromatic rings. The second-order valence-corrected chi connectivity index (χ2v) is 8.98. The Kier molecular flexibility index (Phi) is 7.45. The number of ether oxygens (including phenoxy) is 1. The lowest BCUT2D eigenvalue weighted by atomic mass is 10.1. The van der Waals surface area contributed by atoms with Gasteiger partial charge in [-0.15, -0.1) is 11.8 Å². The molecule has 2 aliphatic heterocycles. The average Bonchev–Trinajstić information content (AvgIpc) is 3.04. The Balaban J connectivity index is 1.50. The normalized spacial score (nSPS) is 17.6. The summed E-state index contributed by atoms with van der Waals surface area (Å²) < 4.78 is 5.38. The zero-order valence-corrected chi connectivity index (χ0v) is 18.8. The van der Waals surface area contributed by atoms with Crippen LogP contribution < -0.4 is 0 Å². The number of imide groups is 1. The molecule has 2 amide bonds. The van der Waals surface area contributed by atoms with Gasteiger partial charge in [0, 0.05) is 37.0 Å². The van der Waals surface area contributed by atoms with Crippen molar-refractivity contribution in [2.75, 3.05) is 39.4 Å². The number of carbonyl (C=O) groups excluding carboxylic acids is 2. The second-order valence-electron chi connectivity index (χ2n) is 7.55. The van der Waals surface area contributed by atoms with E-state index in [4.69, 9.17) is 16.3 Å². The fourth-order valence-corrected chi connectivity index (χ4v) is 4.98. The van der Waals surface area contributed by atoms with E-state index in [1.165, 1.54) is 16.7 Å². The van der Waals surface area contributed by atoms with Crippen LogP contribution in [0.3, 0.4) is 0 Å². The quantitative estimate of drug-likeness (QED) is 0.560. The Morgan fingerprint density at radius 2 is 1.61 bits per heavy atom. The molecule has 0 atom stereocenters.